The molecule has 1 nitrogen and oxygen atoms in total. The van der Waals surface area contributed by atoms with Crippen molar-refractivity contribution in [3.63, 3.8) is 0 Å². The molecule has 1 aromatic rings. The third kappa shape index (κ3) is 5.66. The van der Waals surface area contributed by atoms with Crippen molar-refractivity contribution in [1.82, 2.24) is 5.32 Å². The Kier molecular flexibility index (Phi) is 6.33. The van der Waals surface area contributed by atoms with E-state index in [9.17, 15) is 0 Å². The number of nitrogens with one attached hydrogen (secondary N) is 1. The van der Waals surface area contributed by atoms with Crippen LogP contribution in [0.1, 0.15) is 0 Å². The number of rotatable bonds is 0. The first kappa shape index (κ1) is 9.53. The molecule has 0 fully saturated rings. The Morgan fingerprint density at radius 3 is 1.70 bits per heavy atom. The van der Waals surface area contributed by atoms with Gasteiger partial charge < -0.3 is 5.32 Å². The van der Waals surface area contributed by atoms with E-state index in [2.05, 4.69) is 17.9 Å². The van der Waals surface area contributed by atoms with E-state index in [1.54, 1.807) is 0 Å². The zero-order valence-corrected chi connectivity index (χ0v) is 7.23. The van der Waals surface area contributed by atoms with Crippen molar-refractivity contribution in [3.05, 3.63) is 30.3 Å². The lowest BCUT2D eigenvalue weighted by atomic mass is 10.4. The standard InChI is InChI=1S/C6H6S.C2H7N/c7-6-4-2-1-3-5-6;1-3-2/h1-5,7H;3H,1-2H3. The van der Waals surface area contributed by atoms with E-state index in [4.69, 9.17) is 0 Å². The highest BCUT2D eigenvalue weighted by Gasteiger charge is 1.73. The maximum atomic E-state index is 4.08. The van der Waals surface area contributed by atoms with Crippen molar-refractivity contribution < 1.29 is 0 Å². The predicted octanol–water partition coefficient (Wildman–Crippen LogP) is 1.81. The van der Waals surface area contributed by atoms with Gasteiger partial charge >= 0.3 is 0 Å². The molecule has 0 amide bonds. The lowest BCUT2D eigenvalue weighted by molar-refractivity contribution is 1.02. The van der Waals surface area contributed by atoms with Gasteiger partial charge in [0.2, 0.25) is 0 Å². The SMILES string of the molecule is CNC.Sc1ccccc1. The Hall–Kier alpha value is -0.470. The fourth-order valence-electron chi connectivity index (χ4n) is 0.428. The van der Waals surface area contributed by atoms with Crippen LogP contribution in [0, 0.1) is 0 Å². The lowest BCUT2D eigenvalue weighted by Gasteiger charge is -1.81. The number of hydrogen-bond donors (Lipinski definition) is 2. The van der Waals surface area contributed by atoms with Gasteiger partial charge in [-0.3, -0.25) is 0 Å². The van der Waals surface area contributed by atoms with Crippen molar-refractivity contribution in [2.45, 2.75) is 4.90 Å². The molecule has 0 unspecified atom stereocenters. The van der Waals surface area contributed by atoms with E-state index < -0.39 is 0 Å². The highest BCUT2D eigenvalue weighted by atomic mass is 32.1. The summed E-state index contributed by atoms with van der Waals surface area (Å²) >= 11 is 4.08. The average molecular weight is 155 g/mol. The molecule has 1 N–H and O–H groups in total. The molecule has 0 aliphatic heterocycles. The minimum Gasteiger partial charge on any atom is -0.323 e. The molecule has 0 radical (unpaired) electrons. The zero-order valence-electron chi connectivity index (χ0n) is 6.33. The Labute approximate surface area is 67.9 Å². The number of hydrogen-bond acceptors (Lipinski definition) is 2. The van der Waals surface area contributed by atoms with Crippen molar-refractivity contribution in [3.8, 4) is 0 Å². The van der Waals surface area contributed by atoms with Crippen LogP contribution in [0.4, 0.5) is 0 Å². The summed E-state index contributed by atoms with van der Waals surface area (Å²) in [5, 5.41) is 2.75. The molecular weight excluding hydrogens is 142 g/mol. The fourth-order valence-corrected chi connectivity index (χ4v) is 0.600. The second kappa shape index (κ2) is 6.65. The monoisotopic (exact) mass is 155 g/mol. The van der Waals surface area contributed by atoms with Crippen LogP contribution in [-0.2, 0) is 0 Å². The van der Waals surface area contributed by atoms with Gasteiger partial charge in [0, 0.05) is 4.90 Å². The first-order valence-corrected chi connectivity index (χ1v) is 3.58. The Bertz CT molecular complexity index is 151. The summed E-state index contributed by atoms with van der Waals surface area (Å²) in [6.07, 6.45) is 0. The number of thiol groups is 1. The van der Waals surface area contributed by atoms with E-state index >= 15 is 0 Å². The van der Waals surface area contributed by atoms with Gasteiger partial charge in [-0.15, -0.1) is 12.6 Å². The quantitative estimate of drug-likeness (QED) is 0.544. The summed E-state index contributed by atoms with van der Waals surface area (Å²) < 4.78 is 0. The van der Waals surface area contributed by atoms with E-state index in [0.29, 0.717) is 0 Å². The van der Waals surface area contributed by atoms with Gasteiger partial charge in [0.15, 0.2) is 0 Å². The minimum absolute atomic E-state index is 1.02. The highest BCUT2D eigenvalue weighted by molar-refractivity contribution is 7.80. The van der Waals surface area contributed by atoms with Crippen LogP contribution in [0.15, 0.2) is 35.2 Å². The number of benzene rings is 1. The van der Waals surface area contributed by atoms with Crippen molar-refractivity contribution in [2.24, 2.45) is 0 Å². The summed E-state index contributed by atoms with van der Waals surface area (Å²) in [6.45, 7) is 0. The van der Waals surface area contributed by atoms with Gasteiger partial charge in [-0.2, -0.15) is 0 Å². The molecule has 0 heterocycles. The third-order valence-electron chi connectivity index (χ3n) is 0.756. The second-order valence-electron chi connectivity index (χ2n) is 1.84. The Morgan fingerprint density at radius 2 is 1.50 bits per heavy atom. The average Bonchev–Trinajstić information content (AvgIpc) is 1.91. The predicted molar refractivity (Wildman–Crippen MR) is 48.7 cm³/mol. The topological polar surface area (TPSA) is 12.0 Å². The van der Waals surface area contributed by atoms with Gasteiger partial charge in [-0.05, 0) is 26.2 Å². The molecule has 0 aromatic heterocycles. The molecule has 0 spiro atoms. The maximum Gasteiger partial charge on any atom is 0.00399 e. The van der Waals surface area contributed by atoms with Crippen molar-refractivity contribution in [2.75, 3.05) is 14.1 Å². The second-order valence-corrected chi connectivity index (χ2v) is 2.35. The van der Waals surface area contributed by atoms with E-state index in [1.807, 2.05) is 44.4 Å². The summed E-state index contributed by atoms with van der Waals surface area (Å²) in [7, 11) is 3.75. The van der Waals surface area contributed by atoms with Crippen LogP contribution < -0.4 is 5.32 Å². The molecule has 0 aliphatic rings. The van der Waals surface area contributed by atoms with Gasteiger partial charge in [0.05, 0.1) is 0 Å². The first-order valence-electron chi connectivity index (χ1n) is 3.13. The lowest BCUT2D eigenvalue weighted by Crippen LogP contribution is -1.89. The first-order chi connectivity index (χ1) is 4.81. The smallest absolute Gasteiger partial charge is 0.00399 e. The van der Waals surface area contributed by atoms with E-state index in [0.717, 1.165) is 4.90 Å². The van der Waals surface area contributed by atoms with Gasteiger partial charge in [0.25, 0.3) is 0 Å². The Balaban J connectivity index is 0.000000236. The molecule has 1 rings (SSSR count). The largest absolute Gasteiger partial charge is 0.323 e. The molecular formula is C8H13NS. The summed E-state index contributed by atoms with van der Waals surface area (Å²) in [4.78, 5) is 1.02. The van der Waals surface area contributed by atoms with Crippen LogP contribution >= 0.6 is 12.6 Å². The summed E-state index contributed by atoms with van der Waals surface area (Å²) in [6, 6.07) is 9.79. The van der Waals surface area contributed by atoms with Crippen molar-refractivity contribution >= 4 is 12.6 Å². The molecule has 0 bridgehead atoms. The van der Waals surface area contributed by atoms with Crippen LogP contribution in [0.2, 0.25) is 0 Å². The van der Waals surface area contributed by atoms with E-state index in [1.165, 1.54) is 0 Å². The maximum absolute atomic E-state index is 4.08. The molecule has 0 atom stereocenters. The zero-order chi connectivity index (χ0) is 7.82. The fraction of sp³-hybridized carbons (Fsp3) is 0.250. The van der Waals surface area contributed by atoms with Gasteiger partial charge in [0.1, 0.15) is 0 Å². The van der Waals surface area contributed by atoms with Gasteiger partial charge in [-0.1, -0.05) is 18.2 Å². The minimum atomic E-state index is 1.02. The molecule has 0 aliphatic carbocycles. The third-order valence-corrected chi connectivity index (χ3v) is 1.05. The Morgan fingerprint density at radius 1 is 1.10 bits per heavy atom. The molecule has 0 saturated heterocycles. The van der Waals surface area contributed by atoms with Crippen molar-refractivity contribution in [1.29, 1.82) is 0 Å². The highest BCUT2D eigenvalue weighted by Crippen LogP contribution is 2.00. The van der Waals surface area contributed by atoms with Crippen LogP contribution in [-0.4, -0.2) is 14.1 Å². The molecule has 2 heteroatoms. The summed E-state index contributed by atoms with van der Waals surface area (Å²) in [5.41, 5.74) is 0. The van der Waals surface area contributed by atoms with E-state index in [-0.39, 0.29) is 0 Å². The van der Waals surface area contributed by atoms with Crippen LogP contribution in [0.25, 0.3) is 0 Å². The van der Waals surface area contributed by atoms with Crippen LogP contribution in [0.5, 0.6) is 0 Å². The molecule has 10 heavy (non-hydrogen) atoms. The normalized spacial score (nSPS) is 7.90. The molecule has 0 saturated carbocycles. The summed E-state index contributed by atoms with van der Waals surface area (Å²) in [5.74, 6) is 0. The molecule has 56 valence electrons. The van der Waals surface area contributed by atoms with Gasteiger partial charge in [-0.25, -0.2) is 0 Å². The van der Waals surface area contributed by atoms with Crippen LogP contribution in [0.3, 0.4) is 0 Å². The molecule has 1 aromatic carbocycles.